The van der Waals surface area contributed by atoms with E-state index in [-0.39, 0.29) is 11.5 Å². The smallest absolute Gasteiger partial charge is 0.294 e. The van der Waals surface area contributed by atoms with E-state index in [1.165, 1.54) is 6.07 Å². The van der Waals surface area contributed by atoms with Gasteiger partial charge in [0.1, 0.15) is 11.0 Å². The molecular formula is C13H18O5S. The van der Waals surface area contributed by atoms with Crippen molar-refractivity contribution < 1.29 is 22.4 Å². The Balaban J connectivity index is 2.58. The van der Waals surface area contributed by atoms with Gasteiger partial charge in [0, 0.05) is 5.56 Å². The molecule has 0 spiro atoms. The summed E-state index contributed by atoms with van der Waals surface area (Å²) in [6, 6.07) is 3.07. The molecule has 2 rings (SSSR count). The second-order valence-corrected chi connectivity index (χ2v) is 6.60. The van der Waals surface area contributed by atoms with E-state index in [0.29, 0.717) is 5.56 Å². The van der Waals surface area contributed by atoms with Crippen LogP contribution in [-0.4, -0.2) is 25.4 Å². The summed E-state index contributed by atoms with van der Waals surface area (Å²) in [7, 11) is -4.28. The fourth-order valence-electron chi connectivity index (χ4n) is 2.27. The molecule has 19 heavy (non-hydrogen) atoms. The second kappa shape index (κ2) is 4.56. The Kier molecular flexibility index (Phi) is 3.47. The summed E-state index contributed by atoms with van der Waals surface area (Å²) < 4.78 is 43.5. The summed E-state index contributed by atoms with van der Waals surface area (Å²) in [6.07, 6.45) is -0.494. The van der Waals surface area contributed by atoms with Gasteiger partial charge in [-0.1, -0.05) is 6.07 Å². The average Bonchev–Trinajstić information content (AvgIpc) is 2.60. The van der Waals surface area contributed by atoms with E-state index in [0.717, 1.165) is 11.1 Å². The summed E-state index contributed by atoms with van der Waals surface area (Å²) in [6.45, 7) is 7.50. The molecule has 0 amide bonds. The third-order valence-electron chi connectivity index (χ3n) is 3.35. The molecule has 1 N–H and O–H groups in total. The van der Waals surface area contributed by atoms with Gasteiger partial charge in [0.15, 0.2) is 5.79 Å². The first kappa shape index (κ1) is 14.5. The molecule has 0 aromatic heterocycles. The van der Waals surface area contributed by atoms with Crippen LogP contribution in [0.1, 0.15) is 36.6 Å². The molecule has 1 fully saturated rings. The molecule has 0 saturated carbocycles. The Hall–Kier alpha value is -0.950. The standard InChI is InChI=1S/C13H18O5S/c1-8-5-6-11(19(14,15)16)12(9(8)2)10-7-17-13(3,4)18-10/h5-6,10H,7H2,1-4H3,(H,14,15,16). The van der Waals surface area contributed by atoms with Crippen molar-refractivity contribution in [1.29, 1.82) is 0 Å². The molecule has 106 valence electrons. The third kappa shape index (κ3) is 2.81. The van der Waals surface area contributed by atoms with Crippen molar-refractivity contribution in [2.75, 3.05) is 6.61 Å². The largest absolute Gasteiger partial charge is 0.347 e. The zero-order valence-corrected chi connectivity index (χ0v) is 12.2. The maximum atomic E-state index is 11.5. The summed E-state index contributed by atoms with van der Waals surface area (Å²) in [4.78, 5) is -0.109. The van der Waals surface area contributed by atoms with E-state index in [9.17, 15) is 13.0 Å². The van der Waals surface area contributed by atoms with E-state index in [2.05, 4.69) is 0 Å². The van der Waals surface area contributed by atoms with E-state index < -0.39 is 22.0 Å². The van der Waals surface area contributed by atoms with Crippen molar-refractivity contribution in [2.45, 2.75) is 44.5 Å². The highest BCUT2D eigenvalue weighted by Crippen LogP contribution is 2.38. The molecular weight excluding hydrogens is 268 g/mol. The first-order valence-corrected chi connectivity index (χ1v) is 7.45. The maximum absolute atomic E-state index is 11.5. The number of benzene rings is 1. The minimum atomic E-state index is -4.28. The van der Waals surface area contributed by atoms with Gasteiger partial charge in [0.05, 0.1) is 6.61 Å². The fourth-order valence-corrected chi connectivity index (χ4v) is 3.07. The number of hydrogen-bond donors (Lipinski definition) is 1. The average molecular weight is 286 g/mol. The maximum Gasteiger partial charge on any atom is 0.294 e. The molecule has 1 heterocycles. The number of aryl methyl sites for hydroxylation is 1. The summed E-state index contributed by atoms with van der Waals surface area (Å²) >= 11 is 0. The Bertz CT molecular complexity index is 604. The number of rotatable bonds is 2. The Morgan fingerprint density at radius 2 is 1.95 bits per heavy atom. The van der Waals surface area contributed by atoms with Crippen LogP contribution in [0.5, 0.6) is 0 Å². The molecule has 1 atom stereocenters. The Morgan fingerprint density at radius 1 is 1.32 bits per heavy atom. The van der Waals surface area contributed by atoms with Crippen LogP contribution < -0.4 is 0 Å². The lowest BCUT2D eigenvalue weighted by Crippen LogP contribution is -2.20. The predicted molar refractivity (Wildman–Crippen MR) is 69.6 cm³/mol. The van der Waals surface area contributed by atoms with E-state index >= 15 is 0 Å². The first-order valence-electron chi connectivity index (χ1n) is 6.01. The molecule has 0 aliphatic carbocycles. The molecule has 1 aliphatic rings. The van der Waals surface area contributed by atoms with Crippen molar-refractivity contribution >= 4 is 10.1 Å². The molecule has 1 aromatic carbocycles. The lowest BCUT2D eigenvalue weighted by Gasteiger charge is -2.20. The topological polar surface area (TPSA) is 72.8 Å². The van der Waals surface area contributed by atoms with Gasteiger partial charge in [-0.2, -0.15) is 8.42 Å². The van der Waals surface area contributed by atoms with Crippen LogP contribution in [0.4, 0.5) is 0 Å². The summed E-state index contributed by atoms with van der Waals surface area (Å²) in [5.74, 6) is -0.753. The van der Waals surface area contributed by atoms with Gasteiger partial charge in [-0.25, -0.2) is 0 Å². The van der Waals surface area contributed by atoms with Gasteiger partial charge < -0.3 is 9.47 Å². The molecule has 1 unspecified atom stereocenters. The normalized spacial score (nSPS) is 22.7. The molecule has 1 saturated heterocycles. The fraction of sp³-hybridized carbons (Fsp3) is 0.538. The van der Waals surface area contributed by atoms with E-state index in [1.807, 2.05) is 13.8 Å². The number of ether oxygens (including phenoxy) is 2. The van der Waals surface area contributed by atoms with Crippen LogP contribution in [0.2, 0.25) is 0 Å². The lowest BCUT2D eigenvalue weighted by atomic mass is 9.99. The quantitative estimate of drug-likeness (QED) is 0.845. The van der Waals surface area contributed by atoms with Crippen LogP contribution in [-0.2, 0) is 19.6 Å². The van der Waals surface area contributed by atoms with Crippen molar-refractivity contribution in [3.8, 4) is 0 Å². The zero-order valence-electron chi connectivity index (χ0n) is 11.4. The predicted octanol–water partition coefficient (Wildman–Crippen LogP) is 2.37. The van der Waals surface area contributed by atoms with Crippen molar-refractivity contribution in [1.82, 2.24) is 0 Å². The second-order valence-electron chi connectivity index (χ2n) is 5.21. The minimum Gasteiger partial charge on any atom is -0.347 e. The van der Waals surface area contributed by atoms with Crippen molar-refractivity contribution in [3.05, 3.63) is 28.8 Å². The van der Waals surface area contributed by atoms with Crippen LogP contribution in [0, 0.1) is 13.8 Å². The number of hydrogen-bond acceptors (Lipinski definition) is 4. The van der Waals surface area contributed by atoms with Gasteiger partial charge in [-0.3, -0.25) is 4.55 Å². The van der Waals surface area contributed by atoms with Gasteiger partial charge in [-0.05, 0) is 44.9 Å². The summed E-state index contributed by atoms with van der Waals surface area (Å²) in [5, 5.41) is 0. The van der Waals surface area contributed by atoms with Crippen molar-refractivity contribution in [3.63, 3.8) is 0 Å². The highest BCUT2D eigenvalue weighted by Gasteiger charge is 2.37. The molecule has 0 radical (unpaired) electrons. The molecule has 6 heteroatoms. The summed E-state index contributed by atoms with van der Waals surface area (Å²) in [5.41, 5.74) is 2.21. The van der Waals surface area contributed by atoms with E-state index in [1.54, 1.807) is 19.9 Å². The lowest BCUT2D eigenvalue weighted by molar-refractivity contribution is -0.139. The first-order chi connectivity index (χ1) is 8.62. The Labute approximate surface area is 113 Å². The van der Waals surface area contributed by atoms with Gasteiger partial charge in [0.2, 0.25) is 0 Å². The monoisotopic (exact) mass is 286 g/mol. The Morgan fingerprint density at radius 3 is 2.42 bits per heavy atom. The van der Waals surface area contributed by atoms with Crippen LogP contribution in [0.25, 0.3) is 0 Å². The molecule has 0 bridgehead atoms. The molecule has 5 nitrogen and oxygen atoms in total. The van der Waals surface area contributed by atoms with Crippen molar-refractivity contribution in [2.24, 2.45) is 0 Å². The van der Waals surface area contributed by atoms with Gasteiger partial charge in [-0.15, -0.1) is 0 Å². The zero-order chi connectivity index (χ0) is 14.4. The molecule has 1 aliphatic heterocycles. The van der Waals surface area contributed by atoms with Gasteiger partial charge >= 0.3 is 0 Å². The minimum absolute atomic E-state index is 0.109. The van der Waals surface area contributed by atoms with Crippen LogP contribution in [0.15, 0.2) is 17.0 Å². The van der Waals surface area contributed by atoms with Crippen LogP contribution >= 0.6 is 0 Å². The van der Waals surface area contributed by atoms with E-state index in [4.69, 9.17) is 9.47 Å². The van der Waals surface area contributed by atoms with Gasteiger partial charge in [0.25, 0.3) is 10.1 Å². The highest BCUT2D eigenvalue weighted by atomic mass is 32.2. The SMILES string of the molecule is Cc1ccc(S(=O)(=O)O)c(C2COC(C)(C)O2)c1C. The molecule has 1 aromatic rings. The third-order valence-corrected chi connectivity index (χ3v) is 4.27. The highest BCUT2D eigenvalue weighted by molar-refractivity contribution is 7.85. The van der Waals surface area contributed by atoms with Crippen LogP contribution in [0.3, 0.4) is 0 Å².